The molecule has 1 unspecified atom stereocenters. The highest BCUT2D eigenvalue weighted by molar-refractivity contribution is 5.85. The third kappa shape index (κ3) is 5.35. The zero-order chi connectivity index (χ0) is 15.1. The highest BCUT2D eigenvalue weighted by Crippen LogP contribution is 2.23. The molecule has 1 atom stereocenters. The second-order valence-electron chi connectivity index (χ2n) is 5.43. The van der Waals surface area contributed by atoms with E-state index in [0.717, 1.165) is 49.0 Å². The lowest BCUT2D eigenvalue weighted by atomic mass is 10.1. The summed E-state index contributed by atoms with van der Waals surface area (Å²) in [5.74, 6) is 0.878. The average molecular weight is 325 g/mol. The maximum Gasteiger partial charge on any atom is 0.220 e. The molecular formula is C17H25ClN2O2. The second kappa shape index (κ2) is 9.49. The zero-order valence-electron chi connectivity index (χ0n) is 13.0. The van der Waals surface area contributed by atoms with Gasteiger partial charge in [-0.1, -0.05) is 31.0 Å². The van der Waals surface area contributed by atoms with Crippen molar-refractivity contribution >= 4 is 29.3 Å². The number of carbonyl (C=O) groups is 1. The molecule has 122 valence electrons. The molecule has 2 aromatic rings. The van der Waals surface area contributed by atoms with Crippen LogP contribution in [0.3, 0.4) is 0 Å². The molecule has 2 rings (SSSR count). The fourth-order valence-corrected chi connectivity index (χ4v) is 2.38. The van der Waals surface area contributed by atoms with Crippen LogP contribution in [0.4, 0.5) is 0 Å². The molecule has 0 bridgehead atoms. The van der Waals surface area contributed by atoms with Crippen molar-refractivity contribution in [3.05, 3.63) is 36.1 Å². The molecule has 0 saturated heterocycles. The van der Waals surface area contributed by atoms with E-state index in [9.17, 15) is 4.79 Å². The van der Waals surface area contributed by atoms with E-state index in [-0.39, 0.29) is 24.4 Å². The number of para-hydroxylation sites is 1. The number of amides is 1. The Morgan fingerprint density at radius 2 is 1.95 bits per heavy atom. The van der Waals surface area contributed by atoms with Crippen molar-refractivity contribution in [1.29, 1.82) is 0 Å². The summed E-state index contributed by atoms with van der Waals surface area (Å²) >= 11 is 0. The van der Waals surface area contributed by atoms with Crippen LogP contribution in [0.5, 0.6) is 0 Å². The minimum absolute atomic E-state index is 0. The summed E-state index contributed by atoms with van der Waals surface area (Å²) in [5, 5.41) is 4.06. The van der Waals surface area contributed by atoms with E-state index in [1.807, 2.05) is 37.3 Å². The van der Waals surface area contributed by atoms with Crippen molar-refractivity contribution in [1.82, 2.24) is 5.32 Å². The van der Waals surface area contributed by atoms with Crippen LogP contribution in [0.2, 0.25) is 0 Å². The smallest absolute Gasteiger partial charge is 0.220 e. The van der Waals surface area contributed by atoms with Gasteiger partial charge in [0.1, 0.15) is 11.3 Å². The van der Waals surface area contributed by atoms with Gasteiger partial charge in [-0.15, -0.1) is 12.4 Å². The van der Waals surface area contributed by atoms with Crippen LogP contribution >= 0.6 is 12.4 Å². The molecular weight excluding hydrogens is 300 g/mol. The number of hydrogen-bond donors (Lipinski definition) is 2. The maximum absolute atomic E-state index is 11.9. The standard InChI is InChI=1S/C17H24N2O2.ClH/c1-13(19-17(20)10-4-2-3-7-11-18)16-12-14-8-5-6-9-15(14)21-16;/h5-6,8-9,12-13H,2-4,7,10-11,18H2,1H3,(H,19,20);1H. The van der Waals surface area contributed by atoms with Crippen LogP contribution < -0.4 is 11.1 Å². The number of unbranched alkanes of at least 4 members (excludes halogenated alkanes) is 3. The van der Waals surface area contributed by atoms with Gasteiger partial charge >= 0.3 is 0 Å². The normalized spacial score (nSPS) is 11.9. The topological polar surface area (TPSA) is 68.3 Å². The number of nitrogens with two attached hydrogens (primary N) is 1. The van der Waals surface area contributed by atoms with Crippen LogP contribution in [-0.4, -0.2) is 12.5 Å². The Labute approximate surface area is 137 Å². The van der Waals surface area contributed by atoms with Gasteiger partial charge < -0.3 is 15.5 Å². The lowest BCUT2D eigenvalue weighted by Crippen LogP contribution is -2.25. The van der Waals surface area contributed by atoms with Crippen LogP contribution in [0.15, 0.2) is 34.7 Å². The average Bonchev–Trinajstić information content (AvgIpc) is 2.91. The number of carbonyl (C=O) groups excluding carboxylic acids is 1. The molecule has 0 spiro atoms. The number of fused-ring (bicyclic) bond motifs is 1. The van der Waals surface area contributed by atoms with Gasteiger partial charge in [0, 0.05) is 11.8 Å². The van der Waals surface area contributed by atoms with Gasteiger partial charge in [0.2, 0.25) is 5.91 Å². The summed E-state index contributed by atoms with van der Waals surface area (Å²) in [7, 11) is 0. The Balaban J connectivity index is 0.00000242. The molecule has 0 fully saturated rings. The molecule has 0 aliphatic carbocycles. The summed E-state index contributed by atoms with van der Waals surface area (Å²) in [6.07, 6.45) is 4.68. The Bertz CT molecular complexity index is 550. The van der Waals surface area contributed by atoms with Crippen molar-refractivity contribution in [2.24, 2.45) is 5.73 Å². The monoisotopic (exact) mass is 324 g/mol. The van der Waals surface area contributed by atoms with E-state index >= 15 is 0 Å². The van der Waals surface area contributed by atoms with Crippen molar-refractivity contribution in [3.8, 4) is 0 Å². The minimum atomic E-state index is -0.103. The Hall–Kier alpha value is -1.52. The van der Waals surface area contributed by atoms with Crippen LogP contribution in [0.25, 0.3) is 11.0 Å². The van der Waals surface area contributed by atoms with Gasteiger partial charge in [-0.2, -0.15) is 0 Å². The van der Waals surface area contributed by atoms with Gasteiger partial charge in [0.05, 0.1) is 6.04 Å². The summed E-state index contributed by atoms with van der Waals surface area (Å²) in [5.41, 5.74) is 6.30. The first kappa shape index (κ1) is 18.5. The third-order valence-electron chi connectivity index (χ3n) is 3.61. The molecule has 0 radical (unpaired) electrons. The molecule has 22 heavy (non-hydrogen) atoms. The van der Waals surface area contributed by atoms with Gasteiger partial charge in [0.15, 0.2) is 0 Å². The maximum atomic E-state index is 11.9. The SMILES string of the molecule is CC(NC(=O)CCCCCCN)c1cc2ccccc2o1.Cl. The Kier molecular flexibility index (Phi) is 7.99. The van der Waals surface area contributed by atoms with E-state index in [1.54, 1.807) is 0 Å². The number of hydrogen-bond acceptors (Lipinski definition) is 3. The third-order valence-corrected chi connectivity index (χ3v) is 3.61. The molecule has 1 aromatic carbocycles. The lowest BCUT2D eigenvalue weighted by molar-refractivity contribution is -0.121. The lowest BCUT2D eigenvalue weighted by Gasteiger charge is -2.11. The van der Waals surface area contributed by atoms with E-state index < -0.39 is 0 Å². The number of benzene rings is 1. The number of furan rings is 1. The van der Waals surface area contributed by atoms with Crippen molar-refractivity contribution < 1.29 is 9.21 Å². The van der Waals surface area contributed by atoms with E-state index in [2.05, 4.69) is 5.32 Å². The van der Waals surface area contributed by atoms with Crippen molar-refractivity contribution in [2.45, 2.75) is 45.1 Å². The highest BCUT2D eigenvalue weighted by atomic mass is 35.5. The second-order valence-corrected chi connectivity index (χ2v) is 5.43. The van der Waals surface area contributed by atoms with Crippen molar-refractivity contribution in [3.63, 3.8) is 0 Å². The summed E-state index contributed by atoms with van der Waals surface area (Å²) in [4.78, 5) is 11.9. The number of halogens is 1. The quantitative estimate of drug-likeness (QED) is 0.723. The number of rotatable bonds is 8. The molecule has 3 N–H and O–H groups in total. The van der Waals surface area contributed by atoms with Crippen LogP contribution in [0.1, 0.15) is 50.8 Å². The van der Waals surface area contributed by atoms with E-state index in [1.165, 1.54) is 0 Å². The first-order chi connectivity index (χ1) is 10.2. The van der Waals surface area contributed by atoms with Crippen LogP contribution in [-0.2, 0) is 4.79 Å². The fourth-order valence-electron chi connectivity index (χ4n) is 2.38. The van der Waals surface area contributed by atoms with Gasteiger partial charge in [0.25, 0.3) is 0 Å². The first-order valence-corrected chi connectivity index (χ1v) is 7.68. The summed E-state index contributed by atoms with van der Waals surface area (Å²) < 4.78 is 5.76. The molecule has 0 saturated carbocycles. The highest BCUT2D eigenvalue weighted by Gasteiger charge is 2.13. The van der Waals surface area contributed by atoms with Crippen LogP contribution in [0, 0.1) is 0 Å². The Morgan fingerprint density at radius 1 is 1.23 bits per heavy atom. The molecule has 5 heteroatoms. The summed E-state index contributed by atoms with van der Waals surface area (Å²) in [6.45, 7) is 2.68. The van der Waals surface area contributed by atoms with Gasteiger partial charge in [-0.25, -0.2) is 0 Å². The molecule has 0 aliphatic heterocycles. The molecule has 4 nitrogen and oxygen atoms in total. The minimum Gasteiger partial charge on any atom is -0.459 e. The Morgan fingerprint density at radius 3 is 2.68 bits per heavy atom. The predicted molar refractivity (Wildman–Crippen MR) is 92.2 cm³/mol. The largest absolute Gasteiger partial charge is 0.459 e. The van der Waals surface area contributed by atoms with Gasteiger partial charge in [-0.3, -0.25) is 4.79 Å². The number of nitrogens with one attached hydrogen (secondary N) is 1. The molecule has 0 aliphatic rings. The molecule has 1 heterocycles. The fraction of sp³-hybridized carbons (Fsp3) is 0.471. The predicted octanol–water partition coefficient (Wildman–Crippen LogP) is 3.94. The zero-order valence-corrected chi connectivity index (χ0v) is 13.8. The molecule has 1 aromatic heterocycles. The van der Waals surface area contributed by atoms with Gasteiger partial charge in [-0.05, 0) is 38.4 Å². The molecule has 1 amide bonds. The first-order valence-electron chi connectivity index (χ1n) is 7.68. The summed E-state index contributed by atoms with van der Waals surface area (Å²) in [6, 6.07) is 9.75. The van der Waals surface area contributed by atoms with E-state index in [4.69, 9.17) is 10.2 Å². The van der Waals surface area contributed by atoms with E-state index in [0.29, 0.717) is 6.42 Å². The van der Waals surface area contributed by atoms with Crippen molar-refractivity contribution in [2.75, 3.05) is 6.54 Å².